The predicted octanol–water partition coefficient (Wildman–Crippen LogP) is 7.04. The summed E-state index contributed by atoms with van der Waals surface area (Å²) in [5.41, 5.74) is 3.61. The fourth-order valence-corrected chi connectivity index (χ4v) is 10.3. The fourth-order valence-electron chi connectivity index (χ4n) is 10.0. The molecule has 0 aromatic carbocycles. The molecule has 5 aliphatic carbocycles. The van der Waals surface area contributed by atoms with Crippen LogP contribution in [0.1, 0.15) is 90.4 Å². The Balaban J connectivity index is 1.22. The zero-order valence-corrected chi connectivity index (χ0v) is 19.3. The summed E-state index contributed by atoms with van der Waals surface area (Å²) in [4.78, 5) is 0. The Morgan fingerprint density at radius 2 is 1.89 bits per heavy atom. The number of rotatable bonds is 8. The van der Waals surface area contributed by atoms with Crippen molar-refractivity contribution in [3.63, 3.8) is 0 Å². The maximum atomic E-state index is 4.27. The van der Waals surface area contributed by atoms with Crippen molar-refractivity contribution in [1.82, 2.24) is 5.32 Å². The van der Waals surface area contributed by atoms with E-state index in [1.54, 1.807) is 51.4 Å². The van der Waals surface area contributed by atoms with Gasteiger partial charge in [-0.15, -0.1) is 0 Å². The minimum atomic E-state index is 0.667. The molecule has 5 rings (SSSR count). The van der Waals surface area contributed by atoms with Crippen molar-refractivity contribution >= 4 is 11.8 Å². The largest absolute Gasteiger partial charge is 0.388 e. The summed E-state index contributed by atoms with van der Waals surface area (Å²) in [6.07, 6.45) is 21.9. The Hall–Kier alpha value is -0.110. The second-order valence-corrected chi connectivity index (χ2v) is 12.4. The van der Waals surface area contributed by atoms with E-state index in [1.165, 1.54) is 43.6 Å². The lowest BCUT2D eigenvalue weighted by atomic mass is 9.59. The van der Waals surface area contributed by atoms with Crippen LogP contribution in [0.15, 0.2) is 12.3 Å². The van der Waals surface area contributed by atoms with Crippen LogP contribution in [0.25, 0.3) is 0 Å². The first-order chi connectivity index (χ1) is 13.6. The van der Waals surface area contributed by atoms with Gasteiger partial charge < -0.3 is 5.32 Å². The van der Waals surface area contributed by atoms with E-state index in [0.717, 1.165) is 41.0 Å². The maximum absolute atomic E-state index is 4.27. The molecule has 0 aromatic heterocycles. The number of fused-ring (bicyclic) bond motifs is 1. The van der Waals surface area contributed by atoms with E-state index in [0.29, 0.717) is 5.41 Å². The molecule has 0 saturated heterocycles. The number of hydrogen-bond acceptors (Lipinski definition) is 2. The maximum Gasteiger partial charge on any atom is 0.0234 e. The normalized spacial score (nSPS) is 48.4. The molecule has 7 atom stereocenters. The van der Waals surface area contributed by atoms with Crippen LogP contribution >= 0.6 is 11.8 Å². The first-order valence-electron chi connectivity index (χ1n) is 12.5. The van der Waals surface area contributed by atoms with Crippen LogP contribution in [0.3, 0.4) is 0 Å². The zero-order chi connectivity index (χ0) is 19.4. The number of allylic oxidation sites excluding steroid dienone is 1. The van der Waals surface area contributed by atoms with Gasteiger partial charge in [-0.3, -0.25) is 0 Å². The van der Waals surface area contributed by atoms with Gasteiger partial charge in [-0.1, -0.05) is 26.3 Å². The Kier molecular flexibility index (Phi) is 5.13. The van der Waals surface area contributed by atoms with E-state index < -0.39 is 0 Å². The molecule has 0 radical (unpaired) electrons. The summed E-state index contributed by atoms with van der Waals surface area (Å²) in [7, 11) is 0. The van der Waals surface area contributed by atoms with Gasteiger partial charge in [0.1, 0.15) is 0 Å². The Morgan fingerprint density at radius 1 is 1.00 bits per heavy atom. The van der Waals surface area contributed by atoms with Gasteiger partial charge in [0.05, 0.1) is 0 Å². The highest BCUT2D eigenvalue weighted by molar-refractivity contribution is 7.98. The molecule has 5 aliphatic rings. The highest BCUT2D eigenvalue weighted by Crippen LogP contribution is 2.91. The van der Waals surface area contributed by atoms with Crippen molar-refractivity contribution in [3.8, 4) is 0 Å². The van der Waals surface area contributed by atoms with E-state index in [1.807, 2.05) is 11.8 Å². The van der Waals surface area contributed by atoms with Crippen molar-refractivity contribution in [2.45, 2.75) is 90.4 Å². The van der Waals surface area contributed by atoms with Crippen LogP contribution in [0.2, 0.25) is 0 Å². The third kappa shape index (κ3) is 2.58. The zero-order valence-electron chi connectivity index (χ0n) is 18.5. The van der Waals surface area contributed by atoms with Crippen molar-refractivity contribution in [3.05, 3.63) is 12.3 Å². The third-order valence-electron chi connectivity index (χ3n) is 10.9. The molecule has 28 heavy (non-hydrogen) atoms. The lowest BCUT2D eigenvalue weighted by molar-refractivity contribution is 0.0306. The third-order valence-corrected chi connectivity index (χ3v) is 11.5. The summed E-state index contributed by atoms with van der Waals surface area (Å²) in [6, 6.07) is 0. The Bertz CT molecular complexity index is 616. The lowest BCUT2D eigenvalue weighted by Crippen LogP contribution is -2.38. The highest BCUT2D eigenvalue weighted by Gasteiger charge is 2.85. The molecule has 5 saturated carbocycles. The van der Waals surface area contributed by atoms with Gasteiger partial charge in [0.15, 0.2) is 0 Å². The standard InChI is InChI=1S/C26H43NS/c1-19(27-17-18-28-3)7-6-9-20-10-11-22-24(20,2)15-13-23-25-14-5-4-8-21(25)12-16-26(22,23)25/h20-23,27H,1,4-18H2,2-3H3. The summed E-state index contributed by atoms with van der Waals surface area (Å²) in [6.45, 7) is 8.10. The average molecular weight is 402 g/mol. The second-order valence-electron chi connectivity index (χ2n) is 11.4. The first-order valence-corrected chi connectivity index (χ1v) is 13.9. The molecule has 2 heteroatoms. The van der Waals surface area contributed by atoms with E-state index in [4.69, 9.17) is 0 Å². The topological polar surface area (TPSA) is 12.0 Å². The van der Waals surface area contributed by atoms with Gasteiger partial charge in [-0.25, -0.2) is 0 Å². The molecular weight excluding hydrogens is 358 g/mol. The molecule has 0 heterocycles. The fraction of sp³-hybridized carbons (Fsp3) is 0.923. The smallest absolute Gasteiger partial charge is 0.0234 e. The molecular formula is C26H43NS. The Labute approximate surface area is 178 Å². The SMILES string of the molecule is C=C(CCCC1CCC2C1(C)CCC1C34CCCCC3CCC214)NCCSC. The van der Waals surface area contributed by atoms with Crippen molar-refractivity contribution in [1.29, 1.82) is 0 Å². The molecule has 5 fully saturated rings. The quantitative estimate of drug-likeness (QED) is 0.438. The molecule has 1 nitrogen and oxygen atoms in total. The summed E-state index contributed by atoms with van der Waals surface area (Å²) >= 11 is 1.91. The molecule has 2 spiro atoms. The second kappa shape index (κ2) is 7.24. The van der Waals surface area contributed by atoms with E-state index in [-0.39, 0.29) is 0 Å². The van der Waals surface area contributed by atoms with Gasteiger partial charge in [-0.2, -0.15) is 11.8 Å². The van der Waals surface area contributed by atoms with Crippen LogP contribution in [-0.4, -0.2) is 18.6 Å². The summed E-state index contributed by atoms with van der Waals surface area (Å²) < 4.78 is 0. The molecule has 0 amide bonds. The van der Waals surface area contributed by atoms with Crippen LogP contribution in [0.4, 0.5) is 0 Å². The van der Waals surface area contributed by atoms with Gasteiger partial charge in [0, 0.05) is 18.0 Å². The molecule has 0 bridgehead atoms. The van der Waals surface area contributed by atoms with Gasteiger partial charge >= 0.3 is 0 Å². The molecule has 0 aliphatic heterocycles. The molecule has 158 valence electrons. The van der Waals surface area contributed by atoms with Crippen LogP contribution in [0, 0.1) is 39.9 Å². The van der Waals surface area contributed by atoms with Crippen molar-refractivity contribution in [2.75, 3.05) is 18.6 Å². The molecule has 7 unspecified atom stereocenters. The van der Waals surface area contributed by atoms with Gasteiger partial charge in [0.25, 0.3) is 0 Å². The van der Waals surface area contributed by atoms with E-state index >= 15 is 0 Å². The average Bonchev–Trinajstić information content (AvgIpc) is 2.95. The lowest BCUT2D eigenvalue weighted by Gasteiger charge is -2.45. The van der Waals surface area contributed by atoms with Crippen molar-refractivity contribution < 1.29 is 0 Å². The minimum Gasteiger partial charge on any atom is -0.388 e. The van der Waals surface area contributed by atoms with E-state index in [2.05, 4.69) is 25.1 Å². The Morgan fingerprint density at radius 3 is 2.75 bits per heavy atom. The summed E-state index contributed by atoms with van der Waals surface area (Å²) in [5, 5.41) is 3.53. The van der Waals surface area contributed by atoms with Crippen LogP contribution < -0.4 is 5.32 Å². The highest BCUT2D eigenvalue weighted by atomic mass is 32.2. The number of nitrogens with one attached hydrogen (secondary N) is 1. The van der Waals surface area contributed by atoms with Crippen LogP contribution in [0.5, 0.6) is 0 Å². The number of thioether (sulfide) groups is 1. The van der Waals surface area contributed by atoms with Gasteiger partial charge in [-0.05, 0) is 117 Å². The summed E-state index contributed by atoms with van der Waals surface area (Å²) in [5.74, 6) is 5.54. The van der Waals surface area contributed by atoms with E-state index in [9.17, 15) is 0 Å². The first kappa shape index (κ1) is 19.8. The van der Waals surface area contributed by atoms with Crippen molar-refractivity contribution in [2.24, 2.45) is 39.9 Å². The molecule has 1 N–H and O–H groups in total. The molecule has 0 aromatic rings. The van der Waals surface area contributed by atoms with Gasteiger partial charge in [0.2, 0.25) is 0 Å². The monoisotopic (exact) mass is 401 g/mol. The predicted molar refractivity (Wildman–Crippen MR) is 122 cm³/mol. The minimum absolute atomic E-state index is 0.667. The van der Waals surface area contributed by atoms with Crippen LogP contribution in [-0.2, 0) is 0 Å². The number of hydrogen-bond donors (Lipinski definition) is 1.